The molecule has 1 aliphatic heterocycles. The lowest BCUT2D eigenvalue weighted by Crippen LogP contribution is -2.38. The van der Waals surface area contributed by atoms with Crippen molar-refractivity contribution in [1.82, 2.24) is 5.32 Å². The lowest BCUT2D eigenvalue weighted by atomic mass is 9.96. The SMILES string of the molecule is O=C(O)CCc1cccc(NC(=O)C2CCNC(=O)C2)c1. The summed E-state index contributed by atoms with van der Waals surface area (Å²) in [7, 11) is 0. The van der Waals surface area contributed by atoms with E-state index < -0.39 is 5.97 Å². The smallest absolute Gasteiger partial charge is 0.303 e. The number of rotatable bonds is 5. The Labute approximate surface area is 122 Å². The van der Waals surface area contributed by atoms with Crippen LogP contribution in [0.4, 0.5) is 5.69 Å². The summed E-state index contributed by atoms with van der Waals surface area (Å²) in [5.41, 5.74) is 1.49. The van der Waals surface area contributed by atoms with E-state index in [1.165, 1.54) is 0 Å². The number of anilines is 1. The Balaban J connectivity index is 1.95. The molecule has 112 valence electrons. The van der Waals surface area contributed by atoms with Crippen molar-refractivity contribution in [3.8, 4) is 0 Å². The standard InChI is InChI=1S/C15H18N2O4/c18-13-9-11(6-7-16-13)15(21)17-12-3-1-2-10(8-12)4-5-14(19)20/h1-3,8,11H,4-7,9H2,(H,16,18)(H,17,21)(H,19,20). The molecule has 21 heavy (non-hydrogen) atoms. The summed E-state index contributed by atoms with van der Waals surface area (Å²) in [6, 6.07) is 7.13. The van der Waals surface area contributed by atoms with Crippen LogP contribution in [-0.4, -0.2) is 29.4 Å². The number of hydrogen-bond acceptors (Lipinski definition) is 3. The number of benzene rings is 1. The highest BCUT2D eigenvalue weighted by molar-refractivity contribution is 5.95. The molecule has 1 unspecified atom stereocenters. The molecule has 1 atom stereocenters. The van der Waals surface area contributed by atoms with Crippen molar-refractivity contribution in [2.24, 2.45) is 5.92 Å². The summed E-state index contributed by atoms with van der Waals surface area (Å²) in [6.45, 7) is 0.523. The minimum absolute atomic E-state index is 0.0558. The lowest BCUT2D eigenvalue weighted by Gasteiger charge is -2.21. The highest BCUT2D eigenvalue weighted by atomic mass is 16.4. The number of nitrogens with one attached hydrogen (secondary N) is 2. The van der Waals surface area contributed by atoms with Crippen molar-refractivity contribution in [3.63, 3.8) is 0 Å². The number of carboxylic acids is 1. The Morgan fingerprint density at radius 1 is 1.38 bits per heavy atom. The zero-order valence-electron chi connectivity index (χ0n) is 11.6. The van der Waals surface area contributed by atoms with Crippen LogP contribution in [0.2, 0.25) is 0 Å². The van der Waals surface area contributed by atoms with Crippen molar-refractivity contribution < 1.29 is 19.5 Å². The second kappa shape index (κ2) is 6.88. The van der Waals surface area contributed by atoms with Gasteiger partial charge < -0.3 is 15.7 Å². The number of carbonyl (C=O) groups excluding carboxylic acids is 2. The summed E-state index contributed by atoms with van der Waals surface area (Å²) in [5.74, 6) is -1.42. The maximum Gasteiger partial charge on any atom is 0.303 e. The molecule has 6 heteroatoms. The number of amides is 2. The predicted octanol–water partition coefficient (Wildman–Crippen LogP) is 1.17. The average molecular weight is 290 g/mol. The Morgan fingerprint density at radius 2 is 2.19 bits per heavy atom. The molecule has 0 radical (unpaired) electrons. The van der Waals surface area contributed by atoms with Crippen LogP contribution in [0.1, 0.15) is 24.8 Å². The fourth-order valence-electron chi connectivity index (χ4n) is 2.31. The number of carboxylic acid groups (broad SMARTS) is 1. The van der Waals surface area contributed by atoms with Crippen LogP contribution >= 0.6 is 0 Å². The van der Waals surface area contributed by atoms with Gasteiger partial charge in [-0.05, 0) is 30.5 Å². The lowest BCUT2D eigenvalue weighted by molar-refractivity contribution is -0.137. The molecule has 0 aromatic heterocycles. The first-order chi connectivity index (χ1) is 10.0. The number of piperidine rings is 1. The van der Waals surface area contributed by atoms with Crippen LogP contribution in [0.5, 0.6) is 0 Å². The van der Waals surface area contributed by atoms with Gasteiger partial charge in [-0.1, -0.05) is 12.1 Å². The molecule has 6 nitrogen and oxygen atoms in total. The zero-order chi connectivity index (χ0) is 15.2. The van der Waals surface area contributed by atoms with Gasteiger partial charge in [0, 0.05) is 31.0 Å². The molecule has 0 aliphatic carbocycles. The quantitative estimate of drug-likeness (QED) is 0.758. The first-order valence-electron chi connectivity index (χ1n) is 6.93. The van der Waals surface area contributed by atoms with E-state index in [0.29, 0.717) is 25.1 Å². The van der Waals surface area contributed by atoms with Gasteiger partial charge in [0.25, 0.3) is 0 Å². The topological polar surface area (TPSA) is 95.5 Å². The largest absolute Gasteiger partial charge is 0.481 e. The van der Waals surface area contributed by atoms with Crippen LogP contribution < -0.4 is 10.6 Å². The van der Waals surface area contributed by atoms with Gasteiger partial charge >= 0.3 is 5.97 Å². The Hall–Kier alpha value is -2.37. The van der Waals surface area contributed by atoms with E-state index in [9.17, 15) is 14.4 Å². The highest BCUT2D eigenvalue weighted by Crippen LogP contribution is 2.17. The highest BCUT2D eigenvalue weighted by Gasteiger charge is 2.25. The first kappa shape index (κ1) is 15.0. The molecule has 1 heterocycles. The number of hydrogen-bond donors (Lipinski definition) is 3. The molecule has 0 bridgehead atoms. The summed E-state index contributed by atoms with van der Waals surface area (Å²) in [4.78, 5) is 34.0. The summed E-state index contributed by atoms with van der Waals surface area (Å²) >= 11 is 0. The molecule has 2 amide bonds. The third kappa shape index (κ3) is 4.59. The van der Waals surface area contributed by atoms with Crippen LogP contribution in [0, 0.1) is 5.92 Å². The van der Waals surface area contributed by atoms with Crippen molar-refractivity contribution in [3.05, 3.63) is 29.8 Å². The number of carbonyl (C=O) groups is 3. The van der Waals surface area contributed by atoms with Crippen molar-refractivity contribution in [1.29, 1.82) is 0 Å². The van der Waals surface area contributed by atoms with Crippen molar-refractivity contribution in [2.45, 2.75) is 25.7 Å². The molecule has 0 saturated carbocycles. The van der Waals surface area contributed by atoms with Gasteiger partial charge in [-0.3, -0.25) is 14.4 Å². The van der Waals surface area contributed by atoms with E-state index in [1.54, 1.807) is 18.2 Å². The molecular formula is C15H18N2O4. The molecule has 2 rings (SSSR count). The van der Waals surface area contributed by atoms with Crippen molar-refractivity contribution >= 4 is 23.5 Å². The molecular weight excluding hydrogens is 272 g/mol. The molecule has 1 saturated heterocycles. The van der Waals surface area contributed by atoms with Crippen LogP contribution in [0.25, 0.3) is 0 Å². The Bertz CT molecular complexity index is 556. The first-order valence-corrected chi connectivity index (χ1v) is 6.93. The number of aryl methyl sites for hydroxylation is 1. The molecule has 3 N–H and O–H groups in total. The zero-order valence-corrected chi connectivity index (χ0v) is 11.6. The predicted molar refractivity (Wildman–Crippen MR) is 76.8 cm³/mol. The average Bonchev–Trinajstić information content (AvgIpc) is 2.45. The Kier molecular flexibility index (Phi) is 4.92. The molecule has 1 fully saturated rings. The van der Waals surface area contributed by atoms with Gasteiger partial charge in [0.15, 0.2) is 0 Å². The second-order valence-electron chi connectivity index (χ2n) is 5.12. The fourth-order valence-corrected chi connectivity index (χ4v) is 2.31. The van der Waals surface area contributed by atoms with Gasteiger partial charge in [0.1, 0.15) is 0 Å². The minimum Gasteiger partial charge on any atom is -0.481 e. The van der Waals surface area contributed by atoms with E-state index in [0.717, 1.165) is 5.56 Å². The maximum absolute atomic E-state index is 12.1. The molecule has 1 aromatic carbocycles. The van der Waals surface area contributed by atoms with Crippen LogP contribution in [-0.2, 0) is 20.8 Å². The minimum atomic E-state index is -0.849. The van der Waals surface area contributed by atoms with Gasteiger partial charge in [-0.15, -0.1) is 0 Å². The van der Waals surface area contributed by atoms with E-state index in [-0.39, 0.29) is 30.6 Å². The Morgan fingerprint density at radius 3 is 2.90 bits per heavy atom. The van der Waals surface area contributed by atoms with Crippen molar-refractivity contribution in [2.75, 3.05) is 11.9 Å². The van der Waals surface area contributed by atoms with Crippen LogP contribution in [0.3, 0.4) is 0 Å². The van der Waals surface area contributed by atoms with E-state index in [1.807, 2.05) is 6.07 Å². The second-order valence-corrected chi connectivity index (χ2v) is 5.12. The van der Waals surface area contributed by atoms with Gasteiger partial charge in [0.2, 0.25) is 11.8 Å². The summed E-state index contributed by atoms with van der Waals surface area (Å²) in [6.07, 6.45) is 1.33. The van der Waals surface area contributed by atoms with E-state index in [2.05, 4.69) is 10.6 Å². The fraction of sp³-hybridized carbons (Fsp3) is 0.400. The van der Waals surface area contributed by atoms with Crippen LogP contribution in [0.15, 0.2) is 24.3 Å². The van der Waals surface area contributed by atoms with E-state index >= 15 is 0 Å². The monoisotopic (exact) mass is 290 g/mol. The van der Waals surface area contributed by atoms with Gasteiger partial charge in [0.05, 0.1) is 0 Å². The molecule has 0 spiro atoms. The molecule has 1 aromatic rings. The third-order valence-corrected chi connectivity index (χ3v) is 3.44. The van der Waals surface area contributed by atoms with E-state index in [4.69, 9.17) is 5.11 Å². The van der Waals surface area contributed by atoms with Gasteiger partial charge in [-0.25, -0.2) is 0 Å². The normalized spacial score (nSPS) is 17.9. The number of aliphatic carboxylic acids is 1. The van der Waals surface area contributed by atoms with Gasteiger partial charge in [-0.2, -0.15) is 0 Å². The third-order valence-electron chi connectivity index (χ3n) is 3.44. The summed E-state index contributed by atoms with van der Waals surface area (Å²) < 4.78 is 0. The molecule has 1 aliphatic rings. The summed E-state index contributed by atoms with van der Waals surface area (Å²) in [5, 5.41) is 14.2. The maximum atomic E-state index is 12.1.